The number of urea groups is 1. The molecule has 2 heterocycles. The molecule has 1 aliphatic heterocycles. The van der Waals surface area contributed by atoms with Gasteiger partial charge < -0.3 is 24.8 Å². The van der Waals surface area contributed by atoms with Crippen LogP contribution in [0.3, 0.4) is 0 Å². The molecule has 0 radical (unpaired) electrons. The molecule has 9 nitrogen and oxygen atoms in total. The molecule has 36 heavy (non-hydrogen) atoms. The Hall–Kier alpha value is -2.83. The number of aryl methyl sites for hydroxylation is 1. The van der Waals surface area contributed by atoms with Crippen molar-refractivity contribution >= 4 is 28.5 Å². The zero-order valence-electron chi connectivity index (χ0n) is 20.4. The minimum Gasteiger partial charge on any atom is -0.471 e. The van der Waals surface area contributed by atoms with E-state index >= 15 is 0 Å². The first-order valence-electron chi connectivity index (χ1n) is 11.9. The SMILES string of the molecule is COC(=O)c1c(OCc2cc(F)c(C)cc2F)nsc1NC(=O)NCCCCCN1CCC(O)CC1. The molecule has 1 aromatic carbocycles. The molecule has 1 aliphatic rings. The zero-order chi connectivity index (χ0) is 26.1. The highest BCUT2D eigenvalue weighted by Crippen LogP contribution is 2.32. The average molecular weight is 527 g/mol. The molecular formula is C24H32F2N4O5S. The van der Waals surface area contributed by atoms with E-state index in [1.807, 2.05) is 0 Å². The number of carbonyl (C=O) groups is 2. The van der Waals surface area contributed by atoms with Gasteiger partial charge >= 0.3 is 12.0 Å². The first-order valence-corrected chi connectivity index (χ1v) is 12.7. The maximum Gasteiger partial charge on any atom is 0.346 e. The molecule has 0 atom stereocenters. The normalized spacial score (nSPS) is 14.5. The summed E-state index contributed by atoms with van der Waals surface area (Å²) < 4.78 is 42.2. The van der Waals surface area contributed by atoms with Crippen LogP contribution >= 0.6 is 11.5 Å². The number of piperidine rings is 1. The number of anilines is 1. The van der Waals surface area contributed by atoms with Gasteiger partial charge in [-0.25, -0.2) is 18.4 Å². The maximum atomic E-state index is 14.1. The third-order valence-electron chi connectivity index (χ3n) is 5.96. The number of halogens is 2. The molecule has 198 valence electrons. The van der Waals surface area contributed by atoms with Crippen LogP contribution in [0, 0.1) is 18.6 Å². The Morgan fingerprint density at radius 2 is 1.94 bits per heavy atom. The van der Waals surface area contributed by atoms with Gasteiger partial charge in [-0.15, -0.1) is 0 Å². The lowest BCUT2D eigenvalue weighted by molar-refractivity contribution is 0.0596. The number of likely N-dealkylation sites (tertiary alicyclic amines) is 1. The van der Waals surface area contributed by atoms with Gasteiger partial charge in [0.2, 0.25) is 5.88 Å². The van der Waals surface area contributed by atoms with Crippen molar-refractivity contribution in [2.45, 2.75) is 51.7 Å². The number of methoxy groups -OCH3 is 1. The number of aliphatic hydroxyl groups excluding tert-OH is 1. The number of benzene rings is 1. The predicted molar refractivity (Wildman–Crippen MR) is 131 cm³/mol. The van der Waals surface area contributed by atoms with Crippen LogP contribution in [0.2, 0.25) is 0 Å². The van der Waals surface area contributed by atoms with Gasteiger partial charge in [0.25, 0.3) is 0 Å². The summed E-state index contributed by atoms with van der Waals surface area (Å²) >= 11 is 0.817. The van der Waals surface area contributed by atoms with Crippen molar-refractivity contribution in [3.63, 3.8) is 0 Å². The molecule has 0 saturated carbocycles. The Kier molecular flexibility index (Phi) is 10.4. The topological polar surface area (TPSA) is 113 Å². The highest BCUT2D eigenvalue weighted by Gasteiger charge is 2.25. The van der Waals surface area contributed by atoms with Gasteiger partial charge in [-0.2, -0.15) is 4.37 Å². The van der Waals surface area contributed by atoms with Crippen molar-refractivity contribution in [1.29, 1.82) is 0 Å². The summed E-state index contributed by atoms with van der Waals surface area (Å²) in [5.74, 6) is -2.15. The van der Waals surface area contributed by atoms with E-state index in [1.165, 1.54) is 14.0 Å². The lowest BCUT2D eigenvalue weighted by atomic mass is 10.1. The van der Waals surface area contributed by atoms with Crippen LogP contribution in [0.25, 0.3) is 0 Å². The highest BCUT2D eigenvalue weighted by atomic mass is 32.1. The zero-order valence-corrected chi connectivity index (χ0v) is 21.3. The molecule has 0 aliphatic carbocycles. The molecule has 0 unspecified atom stereocenters. The summed E-state index contributed by atoms with van der Waals surface area (Å²) in [4.78, 5) is 27.0. The van der Waals surface area contributed by atoms with Crippen molar-refractivity contribution in [3.05, 3.63) is 40.5 Å². The first kappa shape index (κ1) is 27.8. The van der Waals surface area contributed by atoms with Crippen LogP contribution in [0.15, 0.2) is 12.1 Å². The number of ether oxygens (including phenoxy) is 2. The fourth-order valence-electron chi connectivity index (χ4n) is 3.81. The number of nitrogens with one attached hydrogen (secondary N) is 2. The number of rotatable bonds is 11. The maximum absolute atomic E-state index is 14.1. The Morgan fingerprint density at radius 1 is 1.19 bits per heavy atom. The molecular weight excluding hydrogens is 494 g/mol. The fraction of sp³-hybridized carbons (Fsp3) is 0.542. The minimum atomic E-state index is -0.783. The van der Waals surface area contributed by atoms with Gasteiger partial charge in [-0.1, -0.05) is 6.42 Å². The van der Waals surface area contributed by atoms with Crippen molar-refractivity contribution in [2.75, 3.05) is 38.6 Å². The molecule has 0 bridgehead atoms. The van der Waals surface area contributed by atoms with Gasteiger partial charge in [0, 0.05) is 25.2 Å². The van der Waals surface area contributed by atoms with E-state index < -0.39 is 23.6 Å². The number of esters is 1. The molecule has 3 N–H and O–H groups in total. The van der Waals surface area contributed by atoms with Crippen LogP contribution in [-0.4, -0.2) is 65.8 Å². The summed E-state index contributed by atoms with van der Waals surface area (Å²) in [6.45, 7) is 4.36. The predicted octanol–water partition coefficient (Wildman–Crippen LogP) is 3.84. The van der Waals surface area contributed by atoms with Gasteiger partial charge in [-0.05, 0) is 68.4 Å². The second-order valence-electron chi connectivity index (χ2n) is 8.68. The number of aliphatic hydroxyl groups is 1. The number of aromatic nitrogens is 1. The molecule has 3 rings (SSSR count). The van der Waals surface area contributed by atoms with Crippen LogP contribution in [0.5, 0.6) is 5.88 Å². The Morgan fingerprint density at radius 3 is 2.67 bits per heavy atom. The molecule has 12 heteroatoms. The number of amides is 2. The summed E-state index contributed by atoms with van der Waals surface area (Å²) in [6, 6.07) is 1.58. The number of hydrogen-bond acceptors (Lipinski definition) is 8. The summed E-state index contributed by atoms with van der Waals surface area (Å²) in [7, 11) is 1.18. The van der Waals surface area contributed by atoms with Gasteiger partial charge in [0.1, 0.15) is 23.2 Å². The summed E-state index contributed by atoms with van der Waals surface area (Å²) in [5.41, 5.74) is 0.0322. The second kappa shape index (κ2) is 13.5. The van der Waals surface area contributed by atoms with E-state index in [2.05, 4.69) is 19.9 Å². The number of unbranched alkanes of at least 4 members (excludes halogenated alkanes) is 2. The standard InChI is InChI=1S/C24H32F2N4O5S/c1-15-12-19(26)16(13-18(15)25)14-35-21-20(23(32)34-2)22(36-29-21)28-24(33)27-8-4-3-5-9-30-10-6-17(31)7-11-30/h12-13,17,31H,3-11,14H2,1-2H3,(H2,27,28,33). The van der Waals surface area contributed by atoms with E-state index in [0.717, 1.165) is 75.4 Å². The van der Waals surface area contributed by atoms with Crippen molar-refractivity contribution in [2.24, 2.45) is 0 Å². The number of carbonyl (C=O) groups excluding carboxylic acids is 2. The first-order chi connectivity index (χ1) is 17.3. The van der Waals surface area contributed by atoms with E-state index in [9.17, 15) is 23.5 Å². The lowest BCUT2D eigenvalue weighted by Gasteiger charge is -2.29. The molecule has 1 aromatic heterocycles. The molecule has 2 amide bonds. The second-order valence-corrected chi connectivity index (χ2v) is 9.45. The number of nitrogens with zero attached hydrogens (tertiary/aromatic N) is 2. The number of hydrogen-bond donors (Lipinski definition) is 3. The van der Waals surface area contributed by atoms with Crippen molar-refractivity contribution in [1.82, 2.24) is 14.6 Å². The Balaban J connectivity index is 1.47. The van der Waals surface area contributed by atoms with E-state index in [-0.39, 0.29) is 40.3 Å². The van der Waals surface area contributed by atoms with Crippen LogP contribution in [-0.2, 0) is 11.3 Å². The third-order valence-corrected chi connectivity index (χ3v) is 6.71. The van der Waals surface area contributed by atoms with Gasteiger partial charge in [0.15, 0.2) is 5.56 Å². The van der Waals surface area contributed by atoms with E-state index in [1.54, 1.807) is 0 Å². The fourth-order valence-corrected chi connectivity index (χ4v) is 4.53. The quantitative estimate of drug-likeness (QED) is 0.301. The molecule has 2 aromatic rings. The van der Waals surface area contributed by atoms with Gasteiger partial charge in [0.05, 0.1) is 13.2 Å². The van der Waals surface area contributed by atoms with Crippen molar-refractivity contribution < 1.29 is 33.0 Å². The van der Waals surface area contributed by atoms with Crippen LogP contribution in [0.1, 0.15) is 53.6 Å². The van der Waals surface area contributed by atoms with E-state index in [4.69, 9.17) is 9.47 Å². The van der Waals surface area contributed by atoms with Crippen molar-refractivity contribution in [3.8, 4) is 5.88 Å². The summed E-state index contributed by atoms with van der Waals surface area (Å²) in [6.07, 6.45) is 4.21. The third kappa shape index (κ3) is 7.84. The molecule has 0 spiro atoms. The van der Waals surface area contributed by atoms with Gasteiger partial charge in [-0.3, -0.25) is 5.32 Å². The Bertz CT molecular complexity index is 1040. The van der Waals surface area contributed by atoms with Crippen LogP contribution < -0.4 is 15.4 Å². The largest absolute Gasteiger partial charge is 0.471 e. The average Bonchev–Trinajstić information content (AvgIpc) is 3.25. The Labute approximate surface area is 212 Å². The smallest absolute Gasteiger partial charge is 0.346 e. The lowest BCUT2D eigenvalue weighted by Crippen LogP contribution is -2.36. The molecule has 1 fully saturated rings. The van der Waals surface area contributed by atoms with E-state index in [0.29, 0.717) is 6.54 Å². The monoisotopic (exact) mass is 526 g/mol. The summed E-state index contributed by atoms with van der Waals surface area (Å²) in [5, 5.41) is 15.0. The highest BCUT2D eigenvalue weighted by molar-refractivity contribution is 7.11. The molecule has 1 saturated heterocycles. The van der Waals surface area contributed by atoms with Crippen LogP contribution in [0.4, 0.5) is 18.6 Å². The minimum absolute atomic E-state index is 0.0351.